The second-order valence-corrected chi connectivity index (χ2v) is 8.12. The molecule has 2 amide bonds. The molecule has 2 aliphatic heterocycles. The summed E-state index contributed by atoms with van der Waals surface area (Å²) in [5, 5.41) is 0. The predicted octanol–water partition coefficient (Wildman–Crippen LogP) is 4.93. The van der Waals surface area contributed by atoms with Crippen LogP contribution in [0.25, 0.3) is 5.57 Å². The van der Waals surface area contributed by atoms with Gasteiger partial charge in [-0.1, -0.05) is 42.0 Å². The first-order valence-electron chi connectivity index (χ1n) is 10.4. The van der Waals surface area contributed by atoms with Crippen LogP contribution in [0, 0.1) is 25.5 Å². The fourth-order valence-corrected chi connectivity index (χ4v) is 4.53. The van der Waals surface area contributed by atoms with E-state index in [0.717, 1.165) is 45.8 Å². The van der Waals surface area contributed by atoms with Crippen LogP contribution in [0.5, 0.6) is 0 Å². The Balaban J connectivity index is 1.71. The molecule has 0 aliphatic carbocycles. The molecule has 0 aromatic heterocycles. The fraction of sp³-hybridized carbons (Fsp3) is 0.154. The van der Waals surface area contributed by atoms with Gasteiger partial charge in [-0.2, -0.15) is 0 Å². The van der Waals surface area contributed by atoms with Crippen molar-refractivity contribution in [3.8, 4) is 0 Å². The standard InChI is InChI=1S/C26H20F2N2O2/c1-15-7-9-19(16(2)13-15)23-24(29-12-11-17-5-3-4-6-22(17)29)26(32)30(25(23)31)18-8-10-20(27)21(28)14-18/h3-10,13-14H,11-12H2,1-2H3. The van der Waals surface area contributed by atoms with Crippen molar-refractivity contribution >= 4 is 28.8 Å². The van der Waals surface area contributed by atoms with Gasteiger partial charge in [-0.3, -0.25) is 9.59 Å². The van der Waals surface area contributed by atoms with E-state index in [1.165, 1.54) is 6.07 Å². The normalized spacial score (nSPS) is 15.8. The zero-order valence-corrected chi connectivity index (χ0v) is 17.7. The van der Waals surface area contributed by atoms with Crippen molar-refractivity contribution in [3.05, 3.63) is 100 Å². The number of amides is 2. The molecule has 2 heterocycles. The topological polar surface area (TPSA) is 40.6 Å². The van der Waals surface area contributed by atoms with Gasteiger partial charge < -0.3 is 4.90 Å². The molecule has 3 aromatic rings. The molecule has 0 spiro atoms. The third-order valence-electron chi connectivity index (χ3n) is 6.03. The number of nitrogens with zero attached hydrogens (tertiary/aromatic N) is 2. The number of rotatable bonds is 3. The van der Waals surface area contributed by atoms with Gasteiger partial charge in [-0.05, 0) is 55.2 Å². The van der Waals surface area contributed by atoms with E-state index in [0.29, 0.717) is 12.1 Å². The average molecular weight is 430 g/mol. The number of hydrogen-bond donors (Lipinski definition) is 0. The zero-order chi connectivity index (χ0) is 22.6. The number of imide groups is 1. The Hall–Kier alpha value is -3.80. The Morgan fingerprint density at radius 2 is 1.62 bits per heavy atom. The summed E-state index contributed by atoms with van der Waals surface area (Å²) in [5.74, 6) is -3.25. The number of fused-ring (bicyclic) bond motifs is 1. The number of carbonyl (C=O) groups is 2. The van der Waals surface area contributed by atoms with Gasteiger partial charge in [0.25, 0.3) is 11.8 Å². The second kappa shape index (κ2) is 7.41. The number of para-hydroxylation sites is 1. The van der Waals surface area contributed by atoms with Gasteiger partial charge in [0.2, 0.25) is 0 Å². The zero-order valence-electron chi connectivity index (χ0n) is 17.7. The van der Waals surface area contributed by atoms with Crippen LogP contribution < -0.4 is 9.80 Å². The summed E-state index contributed by atoms with van der Waals surface area (Å²) < 4.78 is 27.5. The first-order chi connectivity index (χ1) is 15.4. The first kappa shape index (κ1) is 20.1. The quantitative estimate of drug-likeness (QED) is 0.554. The lowest BCUT2D eigenvalue weighted by molar-refractivity contribution is -0.120. The second-order valence-electron chi connectivity index (χ2n) is 8.12. The van der Waals surface area contributed by atoms with E-state index >= 15 is 0 Å². The van der Waals surface area contributed by atoms with Crippen molar-refractivity contribution in [3.63, 3.8) is 0 Å². The molecule has 0 saturated carbocycles. The molecule has 5 rings (SSSR count). The SMILES string of the molecule is Cc1ccc(C2=C(N3CCc4ccccc43)C(=O)N(c3ccc(F)c(F)c3)C2=O)c(C)c1. The minimum absolute atomic E-state index is 0.00338. The molecule has 2 aliphatic rings. The van der Waals surface area contributed by atoms with E-state index in [1.807, 2.05) is 61.2 Å². The summed E-state index contributed by atoms with van der Waals surface area (Å²) >= 11 is 0. The van der Waals surface area contributed by atoms with Crippen molar-refractivity contribution in [2.75, 3.05) is 16.3 Å². The molecule has 4 nitrogen and oxygen atoms in total. The monoisotopic (exact) mass is 430 g/mol. The summed E-state index contributed by atoms with van der Waals surface area (Å²) in [6, 6.07) is 16.5. The summed E-state index contributed by atoms with van der Waals surface area (Å²) in [4.78, 5) is 30.1. The third kappa shape index (κ3) is 3.02. The number of hydrogen-bond acceptors (Lipinski definition) is 3. The van der Waals surface area contributed by atoms with Crippen LogP contribution in [0.15, 0.2) is 66.4 Å². The van der Waals surface area contributed by atoms with Crippen molar-refractivity contribution < 1.29 is 18.4 Å². The number of anilines is 2. The Morgan fingerprint density at radius 3 is 2.38 bits per heavy atom. The Bertz CT molecular complexity index is 1330. The van der Waals surface area contributed by atoms with Gasteiger partial charge >= 0.3 is 0 Å². The lowest BCUT2D eigenvalue weighted by atomic mass is 9.97. The van der Waals surface area contributed by atoms with Crippen LogP contribution in [-0.2, 0) is 16.0 Å². The Kier molecular flexibility index (Phi) is 4.66. The number of aryl methyl sites for hydroxylation is 2. The molecular weight excluding hydrogens is 410 g/mol. The van der Waals surface area contributed by atoms with Gasteiger partial charge in [0.1, 0.15) is 5.70 Å². The average Bonchev–Trinajstić information content (AvgIpc) is 3.29. The van der Waals surface area contributed by atoms with E-state index in [1.54, 1.807) is 0 Å². The van der Waals surface area contributed by atoms with Crippen molar-refractivity contribution in [2.24, 2.45) is 0 Å². The van der Waals surface area contributed by atoms with Crippen molar-refractivity contribution in [1.29, 1.82) is 0 Å². The lowest BCUT2D eigenvalue weighted by Crippen LogP contribution is -2.35. The van der Waals surface area contributed by atoms with E-state index in [-0.39, 0.29) is 17.0 Å². The largest absolute Gasteiger partial charge is 0.336 e. The molecule has 32 heavy (non-hydrogen) atoms. The summed E-state index contributed by atoms with van der Waals surface area (Å²) in [6.45, 7) is 4.40. The number of benzene rings is 3. The van der Waals surface area contributed by atoms with Gasteiger partial charge in [-0.25, -0.2) is 13.7 Å². The molecule has 0 bridgehead atoms. The lowest BCUT2D eigenvalue weighted by Gasteiger charge is -2.22. The smallest absolute Gasteiger partial charge is 0.282 e. The summed E-state index contributed by atoms with van der Waals surface area (Å²) in [6.07, 6.45) is 0.743. The minimum Gasteiger partial charge on any atom is -0.336 e. The number of halogens is 2. The van der Waals surface area contributed by atoms with Gasteiger partial charge in [0.15, 0.2) is 11.6 Å². The van der Waals surface area contributed by atoms with Crippen LogP contribution >= 0.6 is 0 Å². The fourth-order valence-electron chi connectivity index (χ4n) is 4.53. The van der Waals surface area contributed by atoms with E-state index in [9.17, 15) is 18.4 Å². The van der Waals surface area contributed by atoms with Crippen LogP contribution in [0.2, 0.25) is 0 Å². The first-order valence-corrected chi connectivity index (χ1v) is 10.4. The maximum absolute atomic E-state index is 14.0. The van der Waals surface area contributed by atoms with Crippen LogP contribution in [0.1, 0.15) is 22.3 Å². The highest BCUT2D eigenvalue weighted by Crippen LogP contribution is 2.41. The van der Waals surface area contributed by atoms with Crippen molar-refractivity contribution in [1.82, 2.24) is 0 Å². The van der Waals surface area contributed by atoms with Crippen molar-refractivity contribution in [2.45, 2.75) is 20.3 Å². The van der Waals surface area contributed by atoms with E-state index in [4.69, 9.17) is 0 Å². The highest BCUT2D eigenvalue weighted by molar-refractivity contribution is 6.46. The molecular formula is C26H20F2N2O2. The summed E-state index contributed by atoms with van der Waals surface area (Å²) in [5.41, 5.74) is 5.05. The van der Waals surface area contributed by atoms with Gasteiger partial charge in [0.05, 0.1) is 11.3 Å². The summed E-state index contributed by atoms with van der Waals surface area (Å²) in [7, 11) is 0. The highest BCUT2D eigenvalue weighted by Gasteiger charge is 2.44. The minimum atomic E-state index is -1.11. The maximum atomic E-state index is 14.0. The molecule has 3 aromatic carbocycles. The molecule has 0 N–H and O–H groups in total. The molecule has 0 fully saturated rings. The third-order valence-corrected chi connectivity index (χ3v) is 6.03. The molecule has 160 valence electrons. The van der Waals surface area contributed by atoms with Gasteiger partial charge in [-0.15, -0.1) is 0 Å². The van der Waals surface area contributed by atoms with E-state index < -0.39 is 23.4 Å². The number of carbonyl (C=O) groups excluding carboxylic acids is 2. The van der Waals surface area contributed by atoms with E-state index in [2.05, 4.69) is 0 Å². The predicted molar refractivity (Wildman–Crippen MR) is 119 cm³/mol. The highest BCUT2D eigenvalue weighted by atomic mass is 19.2. The van der Waals surface area contributed by atoms with Crippen LogP contribution in [0.4, 0.5) is 20.2 Å². The molecule has 0 unspecified atom stereocenters. The molecule has 0 atom stereocenters. The Morgan fingerprint density at radius 1 is 0.844 bits per heavy atom. The molecule has 6 heteroatoms. The van der Waals surface area contributed by atoms with Crippen LogP contribution in [-0.4, -0.2) is 18.4 Å². The Labute approximate surface area is 184 Å². The maximum Gasteiger partial charge on any atom is 0.282 e. The molecule has 0 radical (unpaired) electrons. The van der Waals surface area contributed by atoms with Gasteiger partial charge in [0, 0.05) is 18.3 Å². The molecule has 0 saturated heterocycles. The van der Waals surface area contributed by atoms with Crippen LogP contribution in [0.3, 0.4) is 0 Å².